The summed E-state index contributed by atoms with van der Waals surface area (Å²) in [5.41, 5.74) is 1.86. The lowest BCUT2D eigenvalue weighted by Gasteiger charge is -2.28. The number of ether oxygens (including phenoxy) is 1. The number of hydrogen-bond acceptors (Lipinski definition) is 2. The van der Waals surface area contributed by atoms with E-state index in [1.807, 2.05) is 24.3 Å². The molecule has 1 fully saturated rings. The van der Waals surface area contributed by atoms with Crippen molar-refractivity contribution in [3.8, 4) is 6.07 Å². The van der Waals surface area contributed by atoms with E-state index < -0.39 is 18.3 Å². The number of alkyl halides is 2. The van der Waals surface area contributed by atoms with Gasteiger partial charge in [0.1, 0.15) is 11.9 Å². The number of benzene rings is 2. The summed E-state index contributed by atoms with van der Waals surface area (Å²) in [7, 11) is 0. The van der Waals surface area contributed by atoms with Crippen molar-refractivity contribution in [3.05, 3.63) is 82.7 Å². The highest BCUT2D eigenvalue weighted by Gasteiger charge is 2.31. The molecule has 3 rings (SSSR count). The SMILES string of the molecule is CC=CCCC1CCC(c2ccc(COC(F)(F)Cc3ccc(C#N)c(F)c3)cc2)CC1. The Morgan fingerprint density at radius 3 is 2.38 bits per heavy atom. The number of allylic oxidation sites excluding steroid dienone is 2. The Morgan fingerprint density at radius 2 is 1.75 bits per heavy atom. The standard InChI is InChI=1S/C27H30F3NO/c1-2-3-4-5-20-6-11-23(12-7-20)24-13-8-21(9-14-24)19-32-27(29,30)17-22-10-15-25(18-31)26(28)16-22/h2-3,8-10,13-16,20,23H,4-7,11-12,17,19H2,1H3. The lowest BCUT2D eigenvalue weighted by molar-refractivity contribution is -0.244. The quantitative estimate of drug-likeness (QED) is 0.374. The molecule has 0 heterocycles. The smallest absolute Gasteiger partial charge is 0.315 e. The zero-order valence-electron chi connectivity index (χ0n) is 18.5. The predicted molar refractivity (Wildman–Crippen MR) is 120 cm³/mol. The number of hydrogen-bond donors (Lipinski definition) is 0. The Hall–Kier alpha value is -2.58. The van der Waals surface area contributed by atoms with Crippen molar-refractivity contribution in [2.45, 2.75) is 70.5 Å². The first-order chi connectivity index (χ1) is 15.4. The monoisotopic (exact) mass is 441 g/mol. The van der Waals surface area contributed by atoms with E-state index in [1.54, 1.807) is 6.07 Å². The molecule has 0 unspecified atom stereocenters. The summed E-state index contributed by atoms with van der Waals surface area (Å²) in [5.74, 6) is 0.542. The summed E-state index contributed by atoms with van der Waals surface area (Å²) < 4.78 is 46.9. The molecule has 1 aliphatic rings. The Bertz CT molecular complexity index is 938. The second-order valence-electron chi connectivity index (χ2n) is 8.63. The molecule has 0 atom stereocenters. The van der Waals surface area contributed by atoms with Gasteiger partial charge in [-0.15, -0.1) is 0 Å². The Morgan fingerprint density at radius 1 is 1.06 bits per heavy atom. The Balaban J connectivity index is 1.48. The molecule has 0 bridgehead atoms. The van der Waals surface area contributed by atoms with Crippen LogP contribution in [0.3, 0.4) is 0 Å². The van der Waals surface area contributed by atoms with Gasteiger partial charge < -0.3 is 4.74 Å². The molecule has 1 aliphatic carbocycles. The minimum Gasteiger partial charge on any atom is -0.315 e. The van der Waals surface area contributed by atoms with Gasteiger partial charge in [-0.25, -0.2) is 4.39 Å². The van der Waals surface area contributed by atoms with E-state index in [9.17, 15) is 13.2 Å². The summed E-state index contributed by atoms with van der Waals surface area (Å²) in [4.78, 5) is 0. The Kier molecular flexibility index (Phi) is 8.53. The predicted octanol–water partition coefficient (Wildman–Crippen LogP) is 7.68. The maximum atomic E-state index is 14.2. The molecular weight excluding hydrogens is 411 g/mol. The van der Waals surface area contributed by atoms with Gasteiger partial charge in [0.05, 0.1) is 18.6 Å². The minimum atomic E-state index is -3.43. The lowest BCUT2D eigenvalue weighted by atomic mass is 9.77. The lowest BCUT2D eigenvalue weighted by Crippen LogP contribution is -2.24. The fourth-order valence-electron chi connectivity index (χ4n) is 4.41. The summed E-state index contributed by atoms with van der Waals surface area (Å²) >= 11 is 0. The zero-order valence-corrected chi connectivity index (χ0v) is 18.5. The van der Waals surface area contributed by atoms with Crippen molar-refractivity contribution in [1.29, 1.82) is 5.26 Å². The van der Waals surface area contributed by atoms with Crippen LogP contribution in [0.5, 0.6) is 0 Å². The van der Waals surface area contributed by atoms with Crippen LogP contribution in [0.15, 0.2) is 54.6 Å². The number of nitriles is 1. The topological polar surface area (TPSA) is 33.0 Å². The van der Waals surface area contributed by atoms with Crippen molar-refractivity contribution in [1.82, 2.24) is 0 Å². The molecule has 0 aromatic heterocycles. The van der Waals surface area contributed by atoms with Gasteiger partial charge >= 0.3 is 6.11 Å². The van der Waals surface area contributed by atoms with Crippen LogP contribution >= 0.6 is 0 Å². The van der Waals surface area contributed by atoms with Crippen molar-refractivity contribution in [3.63, 3.8) is 0 Å². The fourth-order valence-corrected chi connectivity index (χ4v) is 4.41. The maximum Gasteiger partial charge on any atom is 0.360 e. The van der Waals surface area contributed by atoms with Crippen LogP contribution in [0, 0.1) is 23.1 Å². The molecule has 0 radical (unpaired) electrons. The third-order valence-electron chi connectivity index (χ3n) is 6.29. The van der Waals surface area contributed by atoms with Crippen LogP contribution in [-0.2, 0) is 17.8 Å². The minimum absolute atomic E-state index is 0.0863. The van der Waals surface area contributed by atoms with Gasteiger partial charge in [0.2, 0.25) is 0 Å². The van der Waals surface area contributed by atoms with E-state index in [4.69, 9.17) is 10.00 Å². The highest BCUT2D eigenvalue weighted by Crippen LogP contribution is 2.37. The average molecular weight is 442 g/mol. The van der Waals surface area contributed by atoms with Crippen molar-refractivity contribution in [2.24, 2.45) is 5.92 Å². The molecule has 0 saturated heterocycles. The number of rotatable bonds is 9. The first kappa shape index (κ1) is 24.1. The highest BCUT2D eigenvalue weighted by molar-refractivity contribution is 5.33. The van der Waals surface area contributed by atoms with Crippen LogP contribution < -0.4 is 0 Å². The van der Waals surface area contributed by atoms with E-state index in [0.717, 1.165) is 18.4 Å². The normalized spacial score (nSPS) is 19.2. The molecule has 0 aliphatic heterocycles. The largest absolute Gasteiger partial charge is 0.360 e. The van der Waals surface area contributed by atoms with Crippen molar-refractivity contribution in [2.75, 3.05) is 0 Å². The van der Waals surface area contributed by atoms with Crippen LogP contribution in [0.4, 0.5) is 13.2 Å². The summed E-state index contributed by atoms with van der Waals surface area (Å²) in [6.07, 6.45) is 7.44. The third kappa shape index (κ3) is 6.97. The molecule has 1 saturated carbocycles. The van der Waals surface area contributed by atoms with E-state index in [-0.39, 0.29) is 17.7 Å². The summed E-state index contributed by atoms with van der Waals surface area (Å²) in [6.45, 7) is 1.84. The van der Waals surface area contributed by atoms with E-state index in [1.165, 1.54) is 49.8 Å². The summed E-state index contributed by atoms with van der Waals surface area (Å²) in [5, 5.41) is 8.74. The fraction of sp³-hybridized carbons (Fsp3) is 0.444. The van der Waals surface area contributed by atoms with Crippen LogP contribution in [0.1, 0.15) is 73.6 Å². The molecule has 32 heavy (non-hydrogen) atoms. The number of nitrogens with zero attached hydrogens (tertiary/aromatic N) is 1. The van der Waals surface area contributed by atoms with E-state index in [2.05, 4.69) is 19.1 Å². The molecule has 2 nitrogen and oxygen atoms in total. The zero-order chi connectivity index (χ0) is 23.0. The first-order valence-corrected chi connectivity index (χ1v) is 11.3. The van der Waals surface area contributed by atoms with E-state index >= 15 is 0 Å². The molecule has 0 spiro atoms. The van der Waals surface area contributed by atoms with Crippen LogP contribution in [0.25, 0.3) is 0 Å². The maximum absolute atomic E-state index is 14.2. The Labute approximate surface area is 188 Å². The molecule has 2 aromatic carbocycles. The van der Waals surface area contributed by atoms with Gasteiger partial charge in [-0.3, -0.25) is 0 Å². The average Bonchev–Trinajstić information content (AvgIpc) is 2.79. The van der Waals surface area contributed by atoms with Gasteiger partial charge in [0.25, 0.3) is 0 Å². The second-order valence-corrected chi connectivity index (χ2v) is 8.63. The van der Waals surface area contributed by atoms with Crippen LogP contribution in [-0.4, -0.2) is 6.11 Å². The summed E-state index contributed by atoms with van der Waals surface area (Å²) in [6, 6.07) is 12.9. The van der Waals surface area contributed by atoms with Gasteiger partial charge in [-0.1, -0.05) is 42.5 Å². The number of halogens is 3. The first-order valence-electron chi connectivity index (χ1n) is 11.3. The highest BCUT2D eigenvalue weighted by atomic mass is 19.3. The van der Waals surface area contributed by atoms with Crippen molar-refractivity contribution >= 4 is 0 Å². The third-order valence-corrected chi connectivity index (χ3v) is 6.29. The molecule has 0 amide bonds. The van der Waals surface area contributed by atoms with Crippen LogP contribution in [0.2, 0.25) is 0 Å². The molecule has 5 heteroatoms. The van der Waals surface area contributed by atoms with Gasteiger partial charge in [0, 0.05) is 0 Å². The molecule has 170 valence electrons. The molecule has 0 N–H and O–H groups in total. The van der Waals surface area contributed by atoms with Gasteiger partial charge in [0.15, 0.2) is 0 Å². The van der Waals surface area contributed by atoms with Gasteiger partial charge in [-0.05, 0) is 86.1 Å². The second kappa shape index (κ2) is 11.3. The van der Waals surface area contributed by atoms with Gasteiger partial charge in [-0.2, -0.15) is 14.0 Å². The molecule has 2 aromatic rings. The van der Waals surface area contributed by atoms with Crippen molar-refractivity contribution < 1.29 is 17.9 Å². The molecular formula is C27H30F3NO. The van der Waals surface area contributed by atoms with E-state index in [0.29, 0.717) is 11.5 Å².